The number of allylic oxidation sites excluding steroid dienone is 2. The molecule has 2 aromatic carbocycles. The number of phenolic OH excluding ortho intramolecular Hbond substituents is 2. The number of ketones is 2. The number of aliphatic hydroxyl groups excluding tert-OH is 4. The van der Waals surface area contributed by atoms with Gasteiger partial charge in [-0.2, -0.15) is 0 Å². The Morgan fingerprint density at radius 2 is 1.32 bits per heavy atom. The minimum absolute atomic E-state index is 0.110. The smallest absolute Gasteiger partial charge is 0.169 e. The number of carbonyl (C=O) groups excluding carboxylic acids is 2. The van der Waals surface area contributed by atoms with Crippen LogP contribution >= 0.6 is 0 Å². The molecule has 38 heavy (non-hydrogen) atoms. The highest BCUT2D eigenvalue weighted by Crippen LogP contribution is 2.30. The minimum Gasteiger partial charge on any atom is -0.504 e. The number of carbonyl (C=O) groups is 2. The average Bonchev–Trinajstić information content (AvgIpc) is 2.92. The summed E-state index contributed by atoms with van der Waals surface area (Å²) in [5.41, 5.74) is 0.916. The lowest BCUT2D eigenvalue weighted by atomic mass is 9.83. The van der Waals surface area contributed by atoms with Crippen LogP contribution in [0.25, 0.3) is 12.2 Å². The maximum Gasteiger partial charge on any atom is 0.169 e. The molecule has 1 aliphatic rings. The molecule has 0 saturated carbocycles. The van der Waals surface area contributed by atoms with Crippen LogP contribution in [-0.2, 0) is 14.3 Å². The molecule has 1 heterocycles. The third-order valence-electron chi connectivity index (χ3n) is 6.16. The molecule has 0 aromatic heterocycles. The van der Waals surface area contributed by atoms with Gasteiger partial charge in [0, 0.05) is 0 Å². The van der Waals surface area contributed by atoms with Gasteiger partial charge in [-0.25, -0.2) is 0 Å². The topological polar surface area (TPSA) is 183 Å². The zero-order valence-corrected chi connectivity index (χ0v) is 20.7. The summed E-state index contributed by atoms with van der Waals surface area (Å²) in [5.74, 6) is -3.14. The van der Waals surface area contributed by atoms with Gasteiger partial charge < -0.3 is 44.8 Å². The molecule has 0 spiro atoms. The summed E-state index contributed by atoms with van der Waals surface area (Å²) in [5, 5.41) is 60.1. The number of hydrogen-bond acceptors (Lipinski definition) is 11. The Morgan fingerprint density at radius 3 is 1.74 bits per heavy atom. The van der Waals surface area contributed by atoms with Gasteiger partial charge in [0.15, 0.2) is 34.6 Å². The quantitative estimate of drug-likeness (QED) is 0.185. The summed E-state index contributed by atoms with van der Waals surface area (Å²) < 4.78 is 15.6. The maximum absolute atomic E-state index is 13.3. The Labute approximate surface area is 218 Å². The van der Waals surface area contributed by atoms with Crippen LogP contribution in [0.2, 0.25) is 0 Å². The van der Waals surface area contributed by atoms with E-state index in [1.54, 1.807) is 0 Å². The predicted octanol–water partition coefficient (Wildman–Crippen LogP) is 0.438. The fraction of sp³-hybridized carbons (Fsp3) is 0.333. The van der Waals surface area contributed by atoms with Gasteiger partial charge in [-0.3, -0.25) is 9.59 Å². The fourth-order valence-electron chi connectivity index (χ4n) is 4.03. The van der Waals surface area contributed by atoms with Gasteiger partial charge in [-0.1, -0.05) is 24.3 Å². The standard InChI is InChI=1S/C27H30O11/c1-36-20-11-14(3-7-16(20)29)5-9-18(31)23(27-26(35)25(34)24(33)22(13-28)38-27)19(32)10-6-15-4-8-17(30)21(12-15)37-2/h3-12,22-30,33-35H,13H2,1-2H3/b9-5+,10-6+/t22-,24+,25+,26-,27?/m1/s1. The molecule has 5 atom stereocenters. The number of aromatic hydroxyl groups is 2. The largest absolute Gasteiger partial charge is 0.504 e. The summed E-state index contributed by atoms with van der Waals surface area (Å²) >= 11 is 0. The fourth-order valence-corrected chi connectivity index (χ4v) is 4.03. The second-order valence-corrected chi connectivity index (χ2v) is 8.61. The van der Waals surface area contributed by atoms with Crippen LogP contribution in [0.15, 0.2) is 48.6 Å². The number of ether oxygens (including phenoxy) is 3. The lowest BCUT2D eigenvalue weighted by Gasteiger charge is -2.42. The first-order valence-electron chi connectivity index (χ1n) is 11.6. The Morgan fingerprint density at radius 1 is 0.842 bits per heavy atom. The van der Waals surface area contributed by atoms with E-state index in [1.807, 2.05) is 0 Å². The molecule has 0 aliphatic carbocycles. The normalized spacial score (nSPS) is 23.7. The molecule has 2 aromatic rings. The van der Waals surface area contributed by atoms with Crippen molar-refractivity contribution in [2.45, 2.75) is 30.5 Å². The third-order valence-corrected chi connectivity index (χ3v) is 6.16. The predicted molar refractivity (Wildman–Crippen MR) is 135 cm³/mol. The number of aliphatic hydroxyl groups is 4. The van der Waals surface area contributed by atoms with Crippen molar-refractivity contribution in [3.63, 3.8) is 0 Å². The summed E-state index contributed by atoms with van der Waals surface area (Å²) in [6, 6.07) is 8.65. The van der Waals surface area contributed by atoms with E-state index in [-0.39, 0.29) is 23.0 Å². The van der Waals surface area contributed by atoms with Gasteiger partial charge in [0.2, 0.25) is 0 Å². The van der Waals surface area contributed by atoms with Gasteiger partial charge in [0.05, 0.1) is 20.8 Å². The Hall–Kier alpha value is -3.74. The van der Waals surface area contributed by atoms with Crippen molar-refractivity contribution in [3.05, 3.63) is 59.7 Å². The van der Waals surface area contributed by atoms with Crippen molar-refractivity contribution in [2.75, 3.05) is 20.8 Å². The number of rotatable bonds is 10. The molecule has 0 amide bonds. The number of benzene rings is 2. The van der Waals surface area contributed by atoms with Gasteiger partial charge in [-0.05, 0) is 47.5 Å². The third kappa shape index (κ3) is 6.39. The number of phenols is 2. The maximum atomic E-state index is 13.3. The Balaban J connectivity index is 1.95. The van der Waals surface area contributed by atoms with E-state index in [9.17, 15) is 40.2 Å². The first kappa shape index (κ1) is 28.8. The van der Waals surface area contributed by atoms with E-state index in [1.165, 1.54) is 62.8 Å². The zero-order valence-electron chi connectivity index (χ0n) is 20.7. The molecule has 11 nitrogen and oxygen atoms in total. The molecule has 0 radical (unpaired) electrons. The van der Waals surface area contributed by atoms with Crippen molar-refractivity contribution < 1.29 is 54.4 Å². The molecule has 0 bridgehead atoms. The Kier molecular flexibility index (Phi) is 9.61. The highest BCUT2D eigenvalue weighted by atomic mass is 16.5. The second-order valence-electron chi connectivity index (χ2n) is 8.61. The molecule has 6 N–H and O–H groups in total. The summed E-state index contributed by atoms with van der Waals surface area (Å²) in [7, 11) is 2.72. The molecule has 1 unspecified atom stereocenters. The Bertz CT molecular complexity index is 1130. The first-order valence-corrected chi connectivity index (χ1v) is 11.6. The van der Waals surface area contributed by atoms with Crippen LogP contribution in [0.5, 0.6) is 23.0 Å². The van der Waals surface area contributed by atoms with E-state index in [0.717, 1.165) is 12.2 Å². The summed E-state index contributed by atoms with van der Waals surface area (Å²) in [6.45, 7) is -0.733. The van der Waals surface area contributed by atoms with E-state index in [0.29, 0.717) is 11.1 Å². The van der Waals surface area contributed by atoms with E-state index in [4.69, 9.17) is 14.2 Å². The van der Waals surface area contributed by atoms with Gasteiger partial charge in [0.25, 0.3) is 0 Å². The van der Waals surface area contributed by atoms with Crippen molar-refractivity contribution in [2.24, 2.45) is 5.92 Å². The highest BCUT2D eigenvalue weighted by molar-refractivity contribution is 6.14. The summed E-state index contributed by atoms with van der Waals surface area (Å²) in [6.07, 6.45) is -3.31. The van der Waals surface area contributed by atoms with Crippen LogP contribution in [0, 0.1) is 5.92 Å². The van der Waals surface area contributed by atoms with Gasteiger partial charge in [0.1, 0.15) is 36.4 Å². The minimum atomic E-state index is -1.82. The van der Waals surface area contributed by atoms with E-state index < -0.39 is 54.6 Å². The van der Waals surface area contributed by atoms with Crippen LogP contribution in [0.3, 0.4) is 0 Å². The van der Waals surface area contributed by atoms with Crippen molar-refractivity contribution in [1.29, 1.82) is 0 Å². The lowest BCUT2D eigenvalue weighted by molar-refractivity contribution is -0.237. The van der Waals surface area contributed by atoms with E-state index >= 15 is 0 Å². The molecule has 11 heteroatoms. The molecule has 3 rings (SSSR count). The highest BCUT2D eigenvalue weighted by Gasteiger charge is 2.49. The number of hydrogen-bond donors (Lipinski definition) is 6. The molecule has 1 aliphatic heterocycles. The molecule has 204 valence electrons. The molecule has 1 saturated heterocycles. The van der Waals surface area contributed by atoms with Crippen LogP contribution in [0.1, 0.15) is 11.1 Å². The van der Waals surface area contributed by atoms with Gasteiger partial charge >= 0.3 is 0 Å². The summed E-state index contributed by atoms with van der Waals surface area (Å²) in [4.78, 5) is 26.6. The molecular weight excluding hydrogens is 500 g/mol. The molecular formula is C27H30O11. The van der Waals surface area contributed by atoms with E-state index in [2.05, 4.69) is 0 Å². The number of methoxy groups -OCH3 is 2. The van der Waals surface area contributed by atoms with Crippen molar-refractivity contribution >= 4 is 23.7 Å². The van der Waals surface area contributed by atoms with Gasteiger partial charge in [-0.15, -0.1) is 0 Å². The monoisotopic (exact) mass is 530 g/mol. The molecule has 1 fully saturated rings. The van der Waals surface area contributed by atoms with Crippen LogP contribution in [-0.4, -0.2) is 93.6 Å². The second kappa shape index (κ2) is 12.7. The SMILES string of the molecule is COc1cc(/C=C/C(=O)C(C(=O)/C=C/c2ccc(O)c(OC)c2)C2O[C@H](CO)[C@H](O)[C@H](O)[C@H]2O)ccc1O. The van der Waals surface area contributed by atoms with Crippen molar-refractivity contribution in [1.82, 2.24) is 0 Å². The average molecular weight is 531 g/mol. The van der Waals surface area contributed by atoms with Crippen LogP contribution < -0.4 is 9.47 Å². The first-order chi connectivity index (χ1) is 18.1. The van der Waals surface area contributed by atoms with Crippen molar-refractivity contribution in [3.8, 4) is 23.0 Å². The van der Waals surface area contributed by atoms with Crippen LogP contribution in [0.4, 0.5) is 0 Å². The zero-order chi connectivity index (χ0) is 28.0. The lowest BCUT2D eigenvalue weighted by Crippen LogP contribution is -2.62.